The van der Waals surface area contributed by atoms with Crippen molar-refractivity contribution in [1.29, 1.82) is 0 Å². The lowest BCUT2D eigenvalue weighted by Gasteiger charge is -2.18. The summed E-state index contributed by atoms with van der Waals surface area (Å²) >= 11 is 6.81. The second kappa shape index (κ2) is 8.22. The minimum Gasteiger partial charge on any atom is -0.325 e. The van der Waals surface area contributed by atoms with E-state index in [2.05, 4.69) is 42.5 Å². The van der Waals surface area contributed by atoms with E-state index in [-0.39, 0.29) is 24.1 Å². The topological polar surface area (TPSA) is 78.5 Å². The van der Waals surface area contributed by atoms with Crippen molar-refractivity contribution >= 4 is 66.6 Å². The summed E-state index contributed by atoms with van der Waals surface area (Å²) in [7, 11) is 0. The van der Waals surface area contributed by atoms with Crippen LogP contribution in [0.15, 0.2) is 51.4 Å². The van der Waals surface area contributed by atoms with Crippen molar-refractivity contribution in [3.63, 3.8) is 0 Å². The molecule has 0 aliphatic carbocycles. The van der Waals surface area contributed by atoms with E-state index in [4.69, 9.17) is 0 Å². The SMILES string of the molecule is CC(=O)Nc1ccc(Br)cc1NC(=O)C1CC(=O)N(c2ccccc2Br)C1. The number of para-hydroxylation sites is 1. The van der Waals surface area contributed by atoms with Crippen LogP contribution in [-0.4, -0.2) is 24.3 Å². The lowest BCUT2D eigenvalue weighted by atomic mass is 10.1. The molecule has 140 valence electrons. The first-order valence-corrected chi connectivity index (χ1v) is 9.86. The third-order valence-corrected chi connectivity index (χ3v) is 5.35. The molecule has 2 aromatic rings. The molecule has 8 heteroatoms. The standard InChI is InChI=1S/C19H17Br2N3O3/c1-11(25)22-15-7-6-13(20)9-16(15)23-19(27)12-8-18(26)24(10-12)17-5-3-2-4-14(17)21/h2-7,9,12H,8,10H2,1H3,(H,22,25)(H,23,27). The van der Waals surface area contributed by atoms with Crippen LogP contribution < -0.4 is 15.5 Å². The highest BCUT2D eigenvalue weighted by Gasteiger charge is 2.36. The summed E-state index contributed by atoms with van der Waals surface area (Å²) in [5.74, 6) is -1.07. The van der Waals surface area contributed by atoms with Gasteiger partial charge in [0.15, 0.2) is 0 Å². The van der Waals surface area contributed by atoms with Gasteiger partial charge in [0.2, 0.25) is 17.7 Å². The van der Waals surface area contributed by atoms with E-state index < -0.39 is 5.92 Å². The van der Waals surface area contributed by atoms with Crippen LogP contribution in [0.5, 0.6) is 0 Å². The molecule has 0 radical (unpaired) electrons. The predicted octanol–water partition coefficient (Wildman–Crippen LogP) is 4.16. The average Bonchev–Trinajstić information content (AvgIpc) is 2.99. The monoisotopic (exact) mass is 493 g/mol. The Bertz CT molecular complexity index is 917. The van der Waals surface area contributed by atoms with Gasteiger partial charge < -0.3 is 15.5 Å². The molecule has 2 aromatic carbocycles. The highest BCUT2D eigenvalue weighted by atomic mass is 79.9. The molecular weight excluding hydrogens is 478 g/mol. The van der Waals surface area contributed by atoms with Crippen LogP contribution in [0, 0.1) is 5.92 Å². The fourth-order valence-corrected chi connectivity index (χ4v) is 3.80. The number of hydrogen-bond acceptors (Lipinski definition) is 3. The Kier molecular flexibility index (Phi) is 5.96. The van der Waals surface area contributed by atoms with Crippen LogP contribution in [-0.2, 0) is 14.4 Å². The quantitative estimate of drug-likeness (QED) is 0.669. The lowest BCUT2D eigenvalue weighted by molar-refractivity contribution is -0.122. The van der Waals surface area contributed by atoms with Crippen molar-refractivity contribution in [2.75, 3.05) is 22.1 Å². The Labute approximate surface area is 173 Å². The summed E-state index contributed by atoms with van der Waals surface area (Å²) in [4.78, 5) is 38.2. The Hall–Kier alpha value is -2.19. The van der Waals surface area contributed by atoms with E-state index in [1.54, 1.807) is 23.1 Å². The molecule has 0 aromatic heterocycles. The third-order valence-electron chi connectivity index (χ3n) is 4.19. The minimum atomic E-state index is -0.478. The molecule has 0 bridgehead atoms. The average molecular weight is 495 g/mol. The fraction of sp³-hybridized carbons (Fsp3) is 0.211. The first kappa shape index (κ1) is 19.6. The minimum absolute atomic E-state index is 0.0987. The smallest absolute Gasteiger partial charge is 0.229 e. The highest BCUT2D eigenvalue weighted by Crippen LogP contribution is 2.32. The van der Waals surface area contributed by atoms with E-state index in [1.807, 2.05) is 24.3 Å². The Morgan fingerprint density at radius 2 is 1.81 bits per heavy atom. The van der Waals surface area contributed by atoms with Crippen LogP contribution in [0.3, 0.4) is 0 Å². The number of anilines is 3. The van der Waals surface area contributed by atoms with Gasteiger partial charge in [-0.3, -0.25) is 14.4 Å². The second-order valence-electron chi connectivity index (χ2n) is 6.22. The highest BCUT2D eigenvalue weighted by molar-refractivity contribution is 9.10. The van der Waals surface area contributed by atoms with Gasteiger partial charge in [-0.15, -0.1) is 0 Å². The fourth-order valence-electron chi connectivity index (χ4n) is 2.94. The summed E-state index contributed by atoms with van der Waals surface area (Å²) in [5.41, 5.74) is 1.74. The van der Waals surface area contributed by atoms with Crippen molar-refractivity contribution in [2.24, 2.45) is 5.92 Å². The Morgan fingerprint density at radius 3 is 2.52 bits per heavy atom. The van der Waals surface area contributed by atoms with Crippen LogP contribution in [0.2, 0.25) is 0 Å². The Balaban J connectivity index is 1.76. The molecule has 0 saturated carbocycles. The van der Waals surface area contributed by atoms with Gasteiger partial charge in [0.1, 0.15) is 0 Å². The van der Waals surface area contributed by atoms with Crippen molar-refractivity contribution < 1.29 is 14.4 Å². The molecule has 1 fully saturated rings. The number of hydrogen-bond donors (Lipinski definition) is 2. The number of benzene rings is 2. The van der Waals surface area contributed by atoms with Gasteiger partial charge >= 0.3 is 0 Å². The predicted molar refractivity (Wildman–Crippen MR) is 112 cm³/mol. The number of carbonyl (C=O) groups is 3. The van der Waals surface area contributed by atoms with Gasteiger partial charge in [0.25, 0.3) is 0 Å². The largest absolute Gasteiger partial charge is 0.325 e. The van der Waals surface area contributed by atoms with Crippen LogP contribution in [0.1, 0.15) is 13.3 Å². The summed E-state index contributed by atoms with van der Waals surface area (Å²) < 4.78 is 1.57. The van der Waals surface area contributed by atoms with Gasteiger partial charge in [0.05, 0.1) is 23.0 Å². The molecule has 1 atom stereocenters. The third kappa shape index (κ3) is 4.56. The molecule has 1 aliphatic heterocycles. The molecule has 6 nitrogen and oxygen atoms in total. The van der Waals surface area contributed by atoms with E-state index in [1.165, 1.54) is 6.92 Å². The maximum Gasteiger partial charge on any atom is 0.229 e. The van der Waals surface area contributed by atoms with Gasteiger partial charge in [-0.25, -0.2) is 0 Å². The Morgan fingerprint density at radius 1 is 1.07 bits per heavy atom. The maximum absolute atomic E-state index is 12.7. The van der Waals surface area contributed by atoms with Crippen molar-refractivity contribution in [3.05, 3.63) is 51.4 Å². The zero-order valence-corrected chi connectivity index (χ0v) is 17.6. The molecule has 1 saturated heterocycles. The zero-order chi connectivity index (χ0) is 19.6. The van der Waals surface area contributed by atoms with Gasteiger partial charge in [-0.1, -0.05) is 28.1 Å². The van der Waals surface area contributed by atoms with Crippen molar-refractivity contribution in [2.45, 2.75) is 13.3 Å². The number of amides is 3. The molecule has 27 heavy (non-hydrogen) atoms. The molecular formula is C19H17Br2N3O3. The summed E-state index contributed by atoms with van der Waals surface area (Å²) in [6, 6.07) is 12.6. The second-order valence-corrected chi connectivity index (χ2v) is 7.99. The van der Waals surface area contributed by atoms with E-state index in [0.29, 0.717) is 17.9 Å². The van der Waals surface area contributed by atoms with Gasteiger partial charge in [0, 0.05) is 28.8 Å². The first-order valence-electron chi connectivity index (χ1n) is 8.28. The number of nitrogens with one attached hydrogen (secondary N) is 2. The maximum atomic E-state index is 12.7. The van der Waals surface area contributed by atoms with E-state index in [9.17, 15) is 14.4 Å². The molecule has 3 rings (SSSR count). The number of carbonyl (C=O) groups excluding carboxylic acids is 3. The van der Waals surface area contributed by atoms with Crippen molar-refractivity contribution in [1.82, 2.24) is 0 Å². The van der Waals surface area contributed by atoms with Crippen LogP contribution >= 0.6 is 31.9 Å². The van der Waals surface area contributed by atoms with Gasteiger partial charge in [-0.05, 0) is 46.3 Å². The van der Waals surface area contributed by atoms with Crippen LogP contribution in [0.25, 0.3) is 0 Å². The van der Waals surface area contributed by atoms with Crippen LogP contribution in [0.4, 0.5) is 17.1 Å². The molecule has 1 aliphatic rings. The molecule has 1 heterocycles. The molecule has 0 spiro atoms. The normalized spacial score (nSPS) is 16.3. The summed E-state index contributed by atoms with van der Waals surface area (Å²) in [6.07, 6.45) is 0.136. The van der Waals surface area contributed by atoms with E-state index >= 15 is 0 Å². The molecule has 1 unspecified atom stereocenters. The number of rotatable bonds is 4. The van der Waals surface area contributed by atoms with Crippen molar-refractivity contribution in [3.8, 4) is 0 Å². The number of nitrogens with zero attached hydrogens (tertiary/aromatic N) is 1. The van der Waals surface area contributed by atoms with Gasteiger partial charge in [-0.2, -0.15) is 0 Å². The van der Waals surface area contributed by atoms with E-state index in [0.717, 1.165) is 14.6 Å². The zero-order valence-electron chi connectivity index (χ0n) is 14.5. The lowest BCUT2D eigenvalue weighted by Crippen LogP contribution is -2.28. The molecule has 3 amide bonds. The summed E-state index contributed by atoms with van der Waals surface area (Å²) in [5, 5.41) is 5.52. The summed E-state index contributed by atoms with van der Waals surface area (Å²) in [6.45, 7) is 1.70. The number of halogens is 2. The molecule has 2 N–H and O–H groups in total. The first-order chi connectivity index (χ1) is 12.8.